The van der Waals surface area contributed by atoms with E-state index < -0.39 is 12.1 Å². The number of amides is 1. The van der Waals surface area contributed by atoms with E-state index in [-0.39, 0.29) is 5.91 Å². The molecule has 0 aromatic heterocycles. The van der Waals surface area contributed by atoms with Crippen molar-refractivity contribution in [3.63, 3.8) is 0 Å². The number of aliphatic carboxylic acids is 1. The van der Waals surface area contributed by atoms with Gasteiger partial charge in [-0.25, -0.2) is 4.79 Å². The van der Waals surface area contributed by atoms with E-state index in [0.29, 0.717) is 23.2 Å². The quantitative estimate of drug-likeness (QED) is 0.623. The van der Waals surface area contributed by atoms with Crippen molar-refractivity contribution in [1.29, 1.82) is 5.26 Å². The lowest BCUT2D eigenvalue weighted by atomic mass is 10.1. The van der Waals surface area contributed by atoms with Crippen LogP contribution in [0.15, 0.2) is 42.5 Å². The van der Waals surface area contributed by atoms with Gasteiger partial charge in [0.2, 0.25) is 0 Å². The summed E-state index contributed by atoms with van der Waals surface area (Å²) >= 11 is 0. The first kappa shape index (κ1) is 27.0. The first-order chi connectivity index (χ1) is 17.0. The minimum atomic E-state index is -5.08. The molecule has 2 atom stereocenters. The number of nitrogens with one attached hydrogen (secondary N) is 1. The lowest BCUT2D eigenvalue weighted by molar-refractivity contribution is -0.192. The van der Waals surface area contributed by atoms with Gasteiger partial charge in [0, 0.05) is 42.1 Å². The van der Waals surface area contributed by atoms with E-state index in [9.17, 15) is 18.0 Å². The van der Waals surface area contributed by atoms with Crippen molar-refractivity contribution in [2.24, 2.45) is 0 Å². The zero-order valence-electron chi connectivity index (χ0n) is 20.2. The summed E-state index contributed by atoms with van der Waals surface area (Å²) < 4.78 is 31.7. The number of carbonyl (C=O) groups is 2. The van der Waals surface area contributed by atoms with Gasteiger partial charge in [-0.2, -0.15) is 18.4 Å². The molecule has 192 valence electrons. The van der Waals surface area contributed by atoms with Gasteiger partial charge >= 0.3 is 12.1 Å². The molecule has 10 heteroatoms. The third-order valence-corrected chi connectivity index (χ3v) is 6.55. The highest BCUT2D eigenvalue weighted by Crippen LogP contribution is 2.31. The van der Waals surface area contributed by atoms with Gasteiger partial charge in [0.15, 0.2) is 0 Å². The Labute approximate surface area is 208 Å². The number of halogens is 3. The van der Waals surface area contributed by atoms with Crippen molar-refractivity contribution in [2.45, 2.75) is 51.4 Å². The molecule has 2 saturated heterocycles. The van der Waals surface area contributed by atoms with Gasteiger partial charge in [-0.1, -0.05) is 0 Å². The number of hydrogen-bond donors (Lipinski definition) is 2. The maximum absolute atomic E-state index is 12.5. The molecule has 2 aromatic carbocycles. The minimum absolute atomic E-state index is 0.161. The van der Waals surface area contributed by atoms with Crippen LogP contribution in [0.2, 0.25) is 0 Å². The summed E-state index contributed by atoms with van der Waals surface area (Å²) in [6.07, 6.45) is -1.21. The van der Waals surface area contributed by atoms with Crippen LogP contribution in [0.4, 0.5) is 24.5 Å². The first-order valence-electron chi connectivity index (χ1n) is 11.7. The molecular weight excluding hydrogens is 473 g/mol. The predicted octanol–water partition coefficient (Wildman–Crippen LogP) is 4.82. The van der Waals surface area contributed by atoms with Crippen molar-refractivity contribution < 1.29 is 27.9 Å². The summed E-state index contributed by atoms with van der Waals surface area (Å²) in [5, 5.41) is 19.0. The monoisotopic (exact) mass is 502 g/mol. The van der Waals surface area contributed by atoms with Gasteiger partial charge in [-0.3, -0.25) is 9.69 Å². The van der Waals surface area contributed by atoms with Gasteiger partial charge in [-0.15, -0.1) is 0 Å². The highest BCUT2D eigenvalue weighted by atomic mass is 19.4. The summed E-state index contributed by atoms with van der Waals surface area (Å²) in [7, 11) is 0. The minimum Gasteiger partial charge on any atom is -0.475 e. The summed E-state index contributed by atoms with van der Waals surface area (Å²) in [4.78, 5) is 26.5. The van der Waals surface area contributed by atoms with Crippen LogP contribution in [0, 0.1) is 18.3 Å². The second-order valence-electron chi connectivity index (χ2n) is 9.07. The van der Waals surface area contributed by atoms with Gasteiger partial charge in [0.25, 0.3) is 5.91 Å². The maximum Gasteiger partial charge on any atom is 0.490 e. The lowest BCUT2D eigenvalue weighted by Crippen LogP contribution is -2.39. The lowest BCUT2D eigenvalue weighted by Gasteiger charge is -2.29. The molecular formula is C26H29F3N4O3. The number of carbonyl (C=O) groups excluding carboxylic acids is 1. The third-order valence-electron chi connectivity index (χ3n) is 6.55. The average molecular weight is 503 g/mol. The standard InChI is InChI=1S/C24H28N4O.C2HF3O2/c1-17-14-21(26-24(29)20-7-5-19(15-25)6-8-20)9-10-23(17)27-13-11-22(16-27)28-12-3-4-18(28)2;3-2(4,5)1(6)7/h5-10,14,18,22H,3-4,11-13,16H2,1-2H3,(H,26,29);(H,6,7). The number of rotatable bonds is 4. The van der Waals surface area contributed by atoms with Gasteiger partial charge in [-0.05, 0) is 87.7 Å². The number of benzene rings is 2. The molecule has 7 nitrogen and oxygen atoms in total. The Kier molecular flexibility index (Phi) is 8.58. The van der Waals surface area contributed by atoms with E-state index >= 15 is 0 Å². The molecule has 0 bridgehead atoms. The molecule has 4 rings (SSSR count). The Balaban J connectivity index is 0.000000454. The van der Waals surface area contributed by atoms with Crippen molar-refractivity contribution in [3.8, 4) is 6.07 Å². The third kappa shape index (κ3) is 6.76. The van der Waals surface area contributed by atoms with Gasteiger partial charge in [0.05, 0.1) is 11.6 Å². The molecule has 2 aliphatic rings. The predicted molar refractivity (Wildman–Crippen MR) is 130 cm³/mol. The van der Waals surface area contributed by atoms with E-state index in [1.54, 1.807) is 24.3 Å². The topological polar surface area (TPSA) is 96.7 Å². The highest BCUT2D eigenvalue weighted by molar-refractivity contribution is 6.04. The van der Waals surface area contributed by atoms with Gasteiger partial charge in [0.1, 0.15) is 0 Å². The van der Waals surface area contributed by atoms with E-state index in [2.05, 4.69) is 41.1 Å². The SMILES string of the molecule is Cc1cc(NC(=O)c2ccc(C#N)cc2)ccc1N1CCC(N2CCCC2C)C1.O=C(O)C(F)(F)F. The van der Waals surface area contributed by atoms with Crippen LogP contribution in [-0.4, -0.2) is 59.8 Å². The number of anilines is 2. The van der Waals surface area contributed by atoms with E-state index in [1.165, 1.54) is 37.1 Å². The summed E-state index contributed by atoms with van der Waals surface area (Å²) in [6.45, 7) is 7.87. The second kappa shape index (κ2) is 11.4. The van der Waals surface area contributed by atoms with Crippen LogP contribution in [0.3, 0.4) is 0 Å². The number of carboxylic acids is 1. The largest absolute Gasteiger partial charge is 0.490 e. The number of carboxylic acid groups (broad SMARTS) is 1. The molecule has 1 amide bonds. The molecule has 2 aromatic rings. The number of nitriles is 1. The van der Waals surface area contributed by atoms with Crippen LogP contribution < -0.4 is 10.2 Å². The molecule has 2 fully saturated rings. The summed E-state index contributed by atoms with van der Waals surface area (Å²) in [5.74, 6) is -2.92. The average Bonchev–Trinajstić information content (AvgIpc) is 3.48. The summed E-state index contributed by atoms with van der Waals surface area (Å²) in [6, 6.07) is 16.3. The zero-order valence-corrected chi connectivity index (χ0v) is 20.2. The molecule has 2 unspecified atom stereocenters. The second-order valence-corrected chi connectivity index (χ2v) is 9.07. The number of nitrogens with zero attached hydrogens (tertiary/aromatic N) is 3. The highest BCUT2D eigenvalue weighted by Gasteiger charge is 2.38. The molecule has 0 spiro atoms. The molecule has 0 aliphatic carbocycles. The molecule has 2 heterocycles. The molecule has 36 heavy (non-hydrogen) atoms. The Morgan fingerprint density at radius 2 is 1.78 bits per heavy atom. The number of hydrogen-bond acceptors (Lipinski definition) is 5. The normalized spacial score (nSPS) is 19.8. The number of aryl methyl sites for hydroxylation is 1. The van der Waals surface area contributed by atoms with Crippen molar-refractivity contribution >= 4 is 23.3 Å². The van der Waals surface area contributed by atoms with Crippen LogP contribution in [0.5, 0.6) is 0 Å². The Hall–Kier alpha value is -3.58. The molecule has 2 aliphatic heterocycles. The fourth-order valence-corrected chi connectivity index (χ4v) is 4.72. The molecule has 0 saturated carbocycles. The Bertz CT molecular complexity index is 1130. The van der Waals surface area contributed by atoms with Gasteiger partial charge < -0.3 is 15.3 Å². The zero-order chi connectivity index (χ0) is 26.5. The Morgan fingerprint density at radius 3 is 2.31 bits per heavy atom. The van der Waals surface area contributed by atoms with E-state index in [0.717, 1.165) is 18.8 Å². The van der Waals surface area contributed by atoms with E-state index in [4.69, 9.17) is 15.2 Å². The van der Waals surface area contributed by atoms with Crippen LogP contribution in [-0.2, 0) is 4.79 Å². The molecule has 0 radical (unpaired) electrons. The number of alkyl halides is 3. The van der Waals surface area contributed by atoms with Crippen molar-refractivity contribution in [3.05, 3.63) is 59.2 Å². The van der Waals surface area contributed by atoms with E-state index in [1.807, 2.05) is 12.1 Å². The Morgan fingerprint density at radius 1 is 1.11 bits per heavy atom. The van der Waals surface area contributed by atoms with Crippen molar-refractivity contribution in [2.75, 3.05) is 29.9 Å². The smallest absolute Gasteiger partial charge is 0.475 e. The maximum atomic E-state index is 12.5. The first-order valence-corrected chi connectivity index (χ1v) is 11.7. The summed E-state index contributed by atoms with van der Waals surface area (Å²) in [5.41, 5.74) is 4.33. The van der Waals surface area contributed by atoms with Crippen LogP contribution >= 0.6 is 0 Å². The molecule has 2 N–H and O–H groups in total. The van der Waals surface area contributed by atoms with Crippen LogP contribution in [0.25, 0.3) is 0 Å². The fraction of sp³-hybridized carbons (Fsp3) is 0.423. The fourth-order valence-electron chi connectivity index (χ4n) is 4.72. The van der Waals surface area contributed by atoms with Crippen LogP contribution in [0.1, 0.15) is 47.7 Å². The van der Waals surface area contributed by atoms with Crippen molar-refractivity contribution in [1.82, 2.24) is 4.90 Å². The number of likely N-dealkylation sites (tertiary alicyclic amines) is 1.